The summed E-state index contributed by atoms with van der Waals surface area (Å²) in [6, 6.07) is 12.3. The Balaban J connectivity index is 2.29. The van der Waals surface area contributed by atoms with Crippen LogP contribution in [-0.4, -0.2) is 7.11 Å². The van der Waals surface area contributed by atoms with Crippen molar-refractivity contribution in [2.45, 2.75) is 27.4 Å². The zero-order valence-corrected chi connectivity index (χ0v) is 12.0. The molecular formula is C17H20O2. The molecule has 0 unspecified atom stereocenters. The lowest BCUT2D eigenvalue weighted by Gasteiger charge is -2.17. The molecule has 0 fully saturated rings. The van der Waals surface area contributed by atoms with Gasteiger partial charge in [-0.1, -0.05) is 36.4 Å². The van der Waals surface area contributed by atoms with Crippen molar-refractivity contribution in [1.29, 1.82) is 0 Å². The number of hydrogen-bond acceptors (Lipinski definition) is 2. The van der Waals surface area contributed by atoms with E-state index < -0.39 is 0 Å². The van der Waals surface area contributed by atoms with Crippen molar-refractivity contribution in [3.63, 3.8) is 0 Å². The molecule has 0 spiro atoms. The molecule has 0 aromatic heterocycles. The number of rotatable bonds is 4. The minimum Gasteiger partial charge on any atom is -0.493 e. The summed E-state index contributed by atoms with van der Waals surface area (Å²) in [6.07, 6.45) is 0. The standard InChI is InChI=1S/C17H20O2/c1-12-10-13(2)16(18-4)17(14(12)3)19-11-15-8-6-5-7-9-15/h5-10H,11H2,1-4H3. The summed E-state index contributed by atoms with van der Waals surface area (Å²) in [7, 11) is 1.69. The van der Waals surface area contributed by atoms with Crippen molar-refractivity contribution in [3.8, 4) is 11.5 Å². The molecule has 2 aromatic rings. The highest BCUT2D eigenvalue weighted by atomic mass is 16.5. The number of hydrogen-bond donors (Lipinski definition) is 0. The lowest BCUT2D eigenvalue weighted by Crippen LogP contribution is -2.02. The molecule has 0 heterocycles. The summed E-state index contributed by atoms with van der Waals surface area (Å²) in [4.78, 5) is 0. The maximum absolute atomic E-state index is 5.98. The zero-order valence-electron chi connectivity index (χ0n) is 12.0. The Labute approximate surface area is 115 Å². The second-order valence-electron chi connectivity index (χ2n) is 4.77. The average Bonchev–Trinajstić information content (AvgIpc) is 2.42. The van der Waals surface area contributed by atoms with Crippen LogP contribution in [0.3, 0.4) is 0 Å². The molecule has 0 radical (unpaired) electrons. The topological polar surface area (TPSA) is 18.5 Å². The second-order valence-corrected chi connectivity index (χ2v) is 4.77. The summed E-state index contributed by atoms with van der Waals surface area (Å²) < 4.78 is 11.5. The van der Waals surface area contributed by atoms with Gasteiger partial charge in [-0.15, -0.1) is 0 Å². The Morgan fingerprint density at radius 1 is 0.895 bits per heavy atom. The summed E-state index contributed by atoms with van der Waals surface area (Å²) in [5.41, 5.74) is 4.62. The first-order valence-electron chi connectivity index (χ1n) is 6.45. The summed E-state index contributed by atoms with van der Waals surface area (Å²) >= 11 is 0. The highest BCUT2D eigenvalue weighted by Crippen LogP contribution is 2.36. The third-order valence-corrected chi connectivity index (χ3v) is 3.36. The van der Waals surface area contributed by atoms with Crippen molar-refractivity contribution in [1.82, 2.24) is 0 Å². The summed E-state index contributed by atoms with van der Waals surface area (Å²) in [6.45, 7) is 6.76. The molecule has 0 saturated carbocycles. The summed E-state index contributed by atoms with van der Waals surface area (Å²) in [5, 5.41) is 0. The molecule has 0 amide bonds. The van der Waals surface area contributed by atoms with Crippen molar-refractivity contribution in [2.24, 2.45) is 0 Å². The van der Waals surface area contributed by atoms with Gasteiger partial charge >= 0.3 is 0 Å². The highest BCUT2D eigenvalue weighted by molar-refractivity contribution is 5.54. The smallest absolute Gasteiger partial charge is 0.165 e. The van der Waals surface area contributed by atoms with E-state index in [9.17, 15) is 0 Å². The number of aryl methyl sites for hydroxylation is 2. The Bertz CT molecular complexity index is 559. The van der Waals surface area contributed by atoms with Crippen molar-refractivity contribution in [3.05, 3.63) is 58.7 Å². The minimum atomic E-state index is 0.556. The molecule has 0 N–H and O–H groups in total. The molecule has 0 saturated heterocycles. The van der Waals surface area contributed by atoms with E-state index in [-0.39, 0.29) is 0 Å². The molecule has 19 heavy (non-hydrogen) atoms. The van der Waals surface area contributed by atoms with Crippen LogP contribution in [0.15, 0.2) is 36.4 Å². The first kappa shape index (κ1) is 13.5. The third kappa shape index (κ3) is 2.90. The third-order valence-electron chi connectivity index (χ3n) is 3.36. The van der Waals surface area contributed by atoms with Crippen LogP contribution in [0.5, 0.6) is 11.5 Å². The fourth-order valence-electron chi connectivity index (χ4n) is 2.18. The molecule has 2 aromatic carbocycles. The SMILES string of the molecule is COc1c(C)cc(C)c(C)c1OCc1ccccc1. The maximum Gasteiger partial charge on any atom is 0.165 e. The lowest BCUT2D eigenvalue weighted by atomic mass is 10.0. The Morgan fingerprint density at radius 3 is 2.21 bits per heavy atom. The molecule has 2 nitrogen and oxygen atoms in total. The van der Waals surface area contributed by atoms with Crippen LogP contribution in [0.2, 0.25) is 0 Å². The van der Waals surface area contributed by atoms with Crippen LogP contribution in [-0.2, 0) is 6.61 Å². The van der Waals surface area contributed by atoms with Crippen molar-refractivity contribution in [2.75, 3.05) is 7.11 Å². The molecule has 0 aliphatic rings. The van der Waals surface area contributed by atoms with E-state index in [1.54, 1.807) is 7.11 Å². The lowest BCUT2D eigenvalue weighted by molar-refractivity contribution is 0.281. The van der Waals surface area contributed by atoms with Gasteiger partial charge in [-0.05, 0) is 43.0 Å². The zero-order chi connectivity index (χ0) is 13.8. The van der Waals surface area contributed by atoms with E-state index in [1.807, 2.05) is 25.1 Å². The first-order chi connectivity index (χ1) is 9.13. The quantitative estimate of drug-likeness (QED) is 0.816. The van der Waals surface area contributed by atoms with E-state index in [1.165, 1.54) is 5.56 Å². The van der Waals surface area contributed by atoms with Crippen LogP contribution in [0, 0.1) is 20.8 Å². The second kappa shape index (κ2) is 5.79. The van der Waals surface area contributed by atoms with Crippen LogP contribution < -0.4 is 9.47 Å². The maximum atomic E-state index is 5.98. The molecule has 0 atom stereocenters. The highest BCUT2D eigenvalue weighted by Gasteiger charge is 2.13. The first-order valence-corrected chi connectivity index (χ1v) is 6.45. The predicted molar refractivity (Wildman–Crippen MR) is 78.0 cm³/mol. The van der Waals surface area contributed by atoms with Gasteiger partial charge < -0.3 is 9.47 Å². The summed E-state index contributed by atoms with van der Waals surface area (Å²) in [5.74, 6) is 1.68. The van der Waals surface area contributed by atoms with Gasteiger partial charge in [0.2, 0.25) is 0 Å². The van der Waals surface area contributed by atoms with Crippen molar-refractivity contribution >= 4 is 0 Å². The number of methoxy groups -OCH3 is 1. The molecule has 0 bridgehead atoms. The molecule has 2 rings (SSSR count). The fraction of sp³-hybridized carbons (Fsp3) is 0.294. The Kier molecular flexibility index (Phi) is 4.10. The monoisotopic (exact) mass is 256 g/mol. The Hall–Kier alpha value is -1.96. The van der Waals surface area contributed by atoms with Crippen LogP contribution in [0.25, 0.3) is 0 Å². The minimum absolute atomic E-state index is 0.556. The number of benzene rings is 2. The fourth-order valence-corrected chi connectivity index (χ4v) is 2.18. The van der Waals surface area contributed by atoms with Gasteiger partial charge in [0.05, 0.1) is 7.11 Å². The van der Waals surface area contributed by atoms with E-state index in [0.29, 0.717) is 6.61 Å². The van der Waals surface area contributed by atoms with E-state index in [0.717, 1.165) is 28.2 Å². The van der Waals surface area contributed by atoms with Crippen molar-refractivity contribution < 1.29 is 9.47 Å². The van der Waals surface area contributed by atoms with Gasteiger partial charge in [-0.3, -0.25) is 0 Å². The number of ether oxygens (including phenoxy) is 2. The van der Waals surface area contributed by atoms with Gasteiger partial charge in [0.25, 0.3) is 0 Å². The predicted octanol–water partition coefficient (Wildman–Crippen LogP) is 4.20. The average molecular weight is 256 g/mol. The largest absolute Gasteiger partial charge is 0.493 e. The van der Waals surface area contributed by atoms with E-state index in [4.69, 9.17) is 9.47 Å². The van der Waals surface area contributed by atoms with Crippen LogP contribution >= 0.6 is 0 Å². The molecule has 2 heteroatoms. The molecule has 100 valence electrons. The van der Waals surface area contributed by atoms with E-state index in [2.05, 4.69) is 32.0 Å². The molecule has 0 aliphatic carbocycles. The van der Waals surface area contributed by atoms with Gasteiger partial charge in [-0.25, -0.2) is 0 Å². The van der Waals surface area contributed by atoms with Gasteiger partial charge in [0, 0.05) is 0 Å². The normalized spacial score (nSPS) is 10.3. The van der Waals surface area contributed by atoms with Crippen LogP contribution in [0.4, 0.5) is 0 Å². The Morgan fingerprint density at radius 2 is 1.58 bits per heavy atom. The van der Waals surface area contributed by atoms with Crippen LogP contribution in [0.1, 0.15) is 22.3 Å². The molecular weight excluding hydrogens is 236 g/mol. The van der Waals surface area contributed by atoms with Gasteiger partial charge in [0.15, 0.2) is 11.5 Å². The van der Waals surface area contributed by atoms with Gasteiger partial charge in [0.1, 0.15) is 6.61 Å². The molecule has 0 aliphatic heterocycles. The van der Waals surface area contributed by atoms with E-state index >= 15 is 0 Å². The van der Waals surface area contributed by atoms with Gasteiger partial charge in [-0.2, -0.15) is 0 Å².